The Morgan fingerprint density at radius 3 is 2.43 bits per heavy atom. The summed E-state index contributed by atoms with van der Waals surface area (Å²) in [5.74, 6) is 0.806. The van der Waals surface area contributed by atoms with Gasteiger partial charge in [-0.2, -0.15) is 0 Å². The van der Waals surface area contributed by atoms with Crippen molar-refractivity contribution in [1.29, 1.82) is 0 Å². The first-order chi connectivity index (χ1) is 10.8. The standard InChI is InChI=1S/C18H26N2O3/c1-18(2,3)23-17(21)20-13-7-8-14(20)11-16(10-13)22-15-6-4-5-12(19)9-15/h4-6,9,13-14,16H,7-8,10-11,19H2,1-3H3. The van der Waals surface area contributed by atoms with E-state index >= 15 is 0 Å². The van der Waals surface area contributed by atoms with Gasteiger partial charge in [0.2, 0.25) is 0 Å². The number of fused-ring (bicyclic) bond motifs is 2. The molecule has 2 aliphatic heterocycles. The molecular formula is C18H26N2O3. The van der Waals surface area contributed by atoms with Crippen LogP contribution in [-0.4, -0.2) is 34.8 Å². The van der Waals surface area contributed by atoms with E-state index in [9.17, 15) is 4.79 Å². The molecule has 2 atom stereocenters. The number of hydrogen-bond acceptors (Lipinski definition) is 4. The largest absolute Gasteiger partial charge is 0.490 e. The second-order valence-corrected chi connectivity index (χ2v) is 7.56. The highest BCUT2D eigenvalue weighted by molar-refractivity contribution is 5.69. The minimum absolute atomic E-state index is 0.132. The van der Waals surface area contributed by atoms with Crippen molar-refractivity contribution in [2.75, 3.05) is 5.73 Å². The quantitative estimate of drug-likeness (QED) is 0.847. The van der Waals surface area contributed by atoms with Crippen molar-refractivity contribution < 1.29 is 14.3 Å². The Morgan fingerprint density at radius 2 is 1.87 bits per heavy atom. The molecular weight excluding hydrogens is 292 g/mol. The van der Waals surface area contributed by atoms with Crippen molar-refractivity contribution in [2.24, 2.45) is 0 Å². The van der Waals surface area contributed by atoms with Gasteiger partial charge in [-0.3, -0.25) is 0 Å². The second kappa shape index (κ2) is 5.95. The number of amides is 1. The van der Waals surface area contributed by atoms with E-state index in [-0.39, 0.29) is 24.3 Å². The molecule has 0 aromatic heterocycles. The monoisotopic (exact) mass is 318 g/mol. The van der Waals surface area contributed by atoms with Gasteiger partial charge in [0.15, 0.2) is 0 Å². The highest BCUT2D eigenvalue weighted by atomic mass is 16.6. The summed E-state index contributed by atoms with van der Waals surface area (Å²) < 4.78 is 11.6. The number of benzene rings is 1. The van der Waals surface area contributed by atoms with Crippen LogP contribution in [0, 0.1) is 0 Å². The molecule has 0 radical (unpaired) electrons. The Morgan fingerprint density at radius 1 is 1.22 bits per heavy atom. The van der Waals surface area contributed by atoms with E-state index < -0.39 is 5.60 Å². The van der Waals surface area contributed by atoms with E-state index in [0.29, 0.717) is 5.69 Å². The summed E-state index contributed by atoms with van der Waals surface area (Å²) in [4.78, 5) is 14.4. The number of nitrogen functional groups attached to an aromatic ring is 1. The van der Waals surface area contributed by atoms with Crippen LogP contribution in [0.1, 0.15) is 46.5 Å². The summed E-state index contributed by atoms with van der Waals surface area (Å²) >= 11 is 0. The number of nitrogens with zero attached hydrogens (tertiary/aromatic N) is 1. The number of carbonyl (C=O) groups excluding carboxylic acids is 1. The first kappa shape index (κ1) is 16.0. The lowest BCUT2D eigenvalue weighted by atomic mass is 10.00. The van der Waals surface area contributed by atoms with Gasteiger partial charge < -0.3 is 20.1 Å². The highest BCUT2D eigenvalue weighted by Gasteiger charge is 2.45. The van der Waals surface area contributed by atoms with Crippen LogP contribution < -0.4 is 10.5 Å². The average Bonchev–Trinajstić information content (AvgIpc) is 2.69. The zero-order chi connectivity index (χ0) is 16.6. The van der Waals surface area contributed by atoms with Crippen molar-refractivity contribution >= 4 is 11.8 Å². The molecule has 1 aromatic carbocycles. The lowest BCUT2D eigenvalue weighted by molar-refractivity contribution is -0.00706. The molecule has 2 bridgehead atoms. The molecule has 2 fully saturated rings. The summed E-state index contributed by atoms with van der Waals surface area (Å²) in [5.41, 5.74) is 6.05. The van der Waals surface area contributed by atoms with Crippen molar-refractivity contribution in [1.82, 2.24) is 4.90 Å². The number of nitrogens with two attached hydrogens (primary N) is 1. The van der Waals surface area contributed by atoms with Crippen molar-refractivity contribution in [2.45, 2.75) is 70.2 Å². The smallest absolute Gasteiger partial charge is 0.410 e. The normalized spacial score (nSPS) is 26.9. The van der Waals surface area contributed by atoms with Gasteiger partial charge >= 0.3 is 6.09 Å². The molecule has 2 unspecified atom stereocenters. The van der Waals surface area contributed by atoms with Gasteiger partial charge in [0.25, 0.3) is 0 Å². The fourth-order valence-electron chi connectivity index (χ4n) is 3.62. The van der Waals surface area contributed by atoms with Crippen LogP contribution in [0.4, 0.5) is 10.5 Å². The number of ether oxygens (including phenoxy) is 2. The third-order valence-electron chi connectivity index (χ3n) is 4.45. The van der Waals surface area contributed by atoms with Gasteiger partial charge in [-0.15, -0.1) is 0 Å². The first-order valence-corrected chi connectivity index (χ1v) is 8.35. The van der Waals surface area contributed by atoms with E-state index in [1.807, 2.05) is 49.9 Å². The zero-order valence-electron chi connectivity index (χ0n) is 14.1. The number of anilines is 1. The predicted molar refractivity (Wildman–Crippen MR) is 89.4 cm³/mol. The summed E-state index contributed by atoms with van der Waals surface area (Å²) in [6.07, 6.45) is 3.71. The predicted octanol–water partition coefficient (Wildman–Crippen LogP) is 3.58. The zero-order valence-corrected chi connectivity index (χ0v) is 14.1. The number of hydrogen-bond donors (Lipinski definition) is 1. The van der Waals surface area contributed by atoms with Crippen LogP contribution in [0.2, 0.25) is 0 Å². The molecule has 0 aliphatic carbocycles. The Balaban J connectivity index is 1.64. The van der Waals surface area contributed by atoms with Crippen molar-refractivity contribution in [3.05, 3.63) is 24.3 Å². The van der Waals surface area contributed by atoms with Crippen molar-refractivity contribution in [3.8, 4) is 5.75 Å². The molecule has 5 heteroatoms. The van der Waals surface area contributed by atoms with Crippen LogP contribution >= 0.6 is 0 Å². The minimum atomic E-state index is -0.453. The summed E-state index contributed by atoms with van der Waals surface area (Å²) in [6, 6.07) is 7.96. The number of piperidine rings is 1. The van der Waals surface area contributed by atoms with Crippen LogP contribution in [0.3, 0.4) is 0 Å². The third-order valence-corrected chi connectivity index (χ3v) is 4.45. The fraction of sp³-hybridized carbons (Fsp3) is 0.611. The van der Waals surface area contributed by atoms with Gasteiger partial charge in [0, 0.05) is 36.7 Å². The molecule has 2 saturated heterocycles. The third kappa shape index (κ3) is 3.71. The van der Waals surface area contributed by atoms with Crippen LogP contribution in [0.5, 0.6) is 5.75 Å². The van der Waals surface area contributed by atoms with Crippen molar-refractivity contribution in [3.63, 3.8) is 0 Å². The molecule has 0 saturated carbocycles. The molecule has 2 heterocycles. The summed E-state index contributed by atoms with van der Waals surface area (Å²) in [6.45, 7) is 5.72. The summed E-state index contributed by atoms with van der Waals surface area (Å²) in [7, 11) is 0. The minimum Gasteiger partial charge on any atom is -0.490 e. The molecule has 1 aromatic rings. The van der Waals surface area contributed by atoms with E-state index in [1.54, 1.807) is 0 Å². The second-order valence-electron chi connectivity index (χ2n) is 7.56. The maximum atomic E-state index is 12.4. The molecule has 1 amide bonds. The Labute approximate surface area is 137 Å². The Kier molecular flexibility index (Phi) is 4.13. The van der Waals surface area contributed by atoms with Crippen LogP contribution in [-0.2, 0) is 4.74 Å². The van der Waals surface area contributed by atoms with E-state index in [0.717, 1.165) is 31.4 Å². The van der Waals surface area contributed by atoms with E-state index in [4.69, 9.17) is 15.2 Å². The molecule has 2 aliphatic rings. The topological polar surface area (TPSA) is 64.8 Å². The van der Waals surface area contributed by atoms with Gasteiger partial charge in [0.05, 0.1) is 0 Å². The number of carbonyl (C=O) groups is 1. The maximum absolute atomic E-state index is 12.4. The Bertz CT molecular complexity index is 568. The van der Waals surface area contributed by atoms with E-state index in [2.05, 4.69) is 0 Å². The first-order valence-electron chi connectivity index (χ1n) is 8.35. The maximum Gasteiger partial charge on any atom is 0.410 e. The molecule has 2 N–H and O–H groups in total. The molecule has 3 rings (SSSR count). The van der Waals surface area contributed by atoms with Gasteiger partial charge in [-0.1, -0.05) is 6.07 Å². The number of rotatable bonds is 2. The lowest BCUT2D eigenvalue weighted by Crippen LogP contribution is -2.50. The molecule has 5 nitrogen and oxygen atoms in total. The lowest BCUT2D eigenvalue weighted by Gasteiger charge is -2.39. The Hall–Kier alpha value is -1.91. The highest BCUT2D eigenvalue weighted by Crippen LogP contribution is 2.38. The van der Waals surface area contributed by atoms with Gasteiger partial charge in [-0.25, -0.2) is 4.79 Å². The van der Waals surface area contributed by atoms with Gasteiger partial charge in [0.1, 0.15) is 17.5 Å². The van der Waals surface area contributed by atoms with E-state index in [1.165, 1.54) is 0 Å². The van der Waals surface area contributed by atoms with Crippen LogP contribution in [0.15, 0.2) is 24.3 Å². The molecule has 126 valence electrons. The van der Waals surface area contributed by atoms with Gasteiger partial charge in [-0.05, 0) is 45.7 Å². The molecule has 23 heavy (non-hydrogen) atoms. The summed E-state index contributed by atoms with van der Waals surface area (Å²) in [5, 5.41) is 0. The van der Waals surface area contributed by atoms with Crippen LogP contribution in [0.25, 0.3) is 0 Å². The molecule has 0 spiro atoms. The fourth-order valence-corrected chi connectivity index (χ4v) is 3.62. The average molecular weight is 318 g/mol. The SMILES string of the molecule is CC(C)(C)OC(=O)N1C2CCC1CC(Oc1cccc(N)c1)C2.